The molecule has 0 saturated carbocycles. The SMILES string of the molecule is CC(C)(C)c1cc(-c2nc(F)nc3nc(F)c(F)nc23)cc2ccccc12. The van der Waals surface area contributed by atoms with Crippen molar-refractivity contribution in [1.29, 1.82) is 0 Å². The molecular weight excluding hydrogens is 353 g/mol. The molecule has 0 bridgehead atoms. The van der Waals surface area contributed by atoms with Crippen LogP contribution in [-0.2, 0) is 5.41 Å². The monoisotopic (exact) mass is 368 g/mol. The molecule has 2 aromatic carbocycles. The van der Waals surface area contributed by atoms with E-state index in [9.17, 15) is 13.2 Å². The lowest BCUT2D eigenvalue weighted by molar-refractivity contribution is 0.456. The quantitative estimate of drug-likeness (QED) is 0.446. The molecule has 0 spiro atoms. The van der Waals surface area contributed by atoms with Gasteiger partial charge in [0.15, 0.2) is 5.65 Å². The van der Waals surface area contributed by atoms with Gasteiger partial charge < -0.3 is 0 Å². The molecule has 2 heterocycles. The van der Waals surface area contributed by atoms with Crippen molar-refractivity contribution < 1.29 is 13.2 Å². The number of aromatic nitrogens is 4. The van der Waals surface area contributed by atoms with Crippen LogP contribution >= 0.6 is 0 Å². The van der Waals surface area contributed by atoms with E-state index < -0.39 is 18.0 Å². The second kappa shape index (κ2) is 5.97. The summed E-state index contributed by atoms with van der Waals surface area (Å²) in [5.41, 5.74) is 0.982. The van der Waals surface area contributed by atoms with Gasteiger partial charge in [-0.25, -0.2) is 4.98 Å². The molecule has 0 radical (unpaired) electrons. The van der Waals surface area contributed by atoms with Crippen molar-refractivity contribution in [2.24, 2.45) is 0 Å². The van der Waals surface area contributed by atoms with Gasteiger partial charge in [-0.05, 0) is 33.9 Å². The molecule has 4 rings (SSSR count). The Kier molecular flexibility index (Phi) is 3.83. The predicted molar refractivity (Wildman–Crippen MR) is 96.6 cm³/mol. The highest BCUT2D eigenvalue weighted by Gasteiger charge is 2.21. The van der Waals surface area contributed by atoms with Gasteiger partial charge in [0.25, 0.3) is 11.9 Å². The van der Waals surface area contributed by atoms with Crippen molar-refractivity contribution in [1.82, 2.24) is 19.9 Å². The maximum atomic E-state index is 14.0. The minimum Gasteiger partial charge on any atom is -0.210 e. The Morgan fingerprint density at radius 3 is 2.26 bits per heavy atom. The van der Waals surface area contributed by atoms with E-state index in [-0.39, 0.29) is 22.3 Å². The van der Waals surface area contributed by atoms with E-state index in [2.05, 4.69) is 40.7 Å². The summed E-state index contributed by atoms with van der Waals surface area (Å²) in [6.07, 6.45) is -1.08. The molecule has 0 saturated heterocycles. The summed E-state index contributed by atoms with van der Waals surface area (Å²) in [7, 11) is 0. The summed E-state index contributed by atoms with van der Waals surface area (Å²) in [4.78, 5) is 14.2. The predicted octanol–water partition coefficient (Wildman–Crippen LogP) is 4.95. The summed E-state index contributed by atoms with van der Waals surface area (Å²) in [6.45, 7) is 6.18. The van der Waals surface area contributed by atoms with Crippen LogP contribution in [0.4, 0.5) is 13.2 Å². The molecule has 27 heavy (non-hydrogen) atoms. The number of hydrogen-bond donors (Lipinski definition) is 0. The third-order valence-corrected chi connectivity index (χ3v) is 4.37. The zero-order chi connectivity index (χ0) is 19.3. The van der Waals surface area contributed by atoms with Gasteiger partial charge in [-0.1, -0.05) is 45.0 Å². The van der Waals surface area contributed by atoms with Gasteiger partial charge in [0.1, 0.15) is 11.2 Å². The number of benzene rings is 2. The highest BCUT2D eigenvalue weighted by atomic mass is 19.2. The zero-order valence-corrected chi connectivity index (χ0v) is 14.9. The highest BCUT2D eigenvalue weighted by Crippen LogP contribution is 2.35. The van der Waals surface area contributed by atoms with Gasteiger partial charge in [0.2, 0.25) is 0 Å². The van der Waals surface area contributed by atoms with Crippen LogP contribution in [0.1, 0.15) is 26.3 Å². The summed E-state index contributed by atoms with van der Waals surface area (Å²) in [5.74, 6) is -2.81. The second-order valence-corrected chi connectivity index (χ2v) is 7.31. The lowest BCUT2D eigenvalue weighted by Crippen LogP contribution is -2.12. The molecule has 0 aliphatic carbocycles. The summed E-state index contributed by atoms with van der Waals surface area (Å²) < 4.78 is 41.0. The third kappa shape index (κ3) is 2.99. The van der Waals surface area contributed by atoms with E-state index in [1.54, 1.807) is 0 Å². The molecule has 0 aliphatic heterocycles. The first-order valence-electron chi connectivity index (χ1n) is 8.34. The highest BCUT2D eigenvalue weighted by molar-refractivity contribution is 5.94. The number of rotatable bonds is 1. The van der Waals surface area contributed by atoms with Crippen LogP contribution in [0.15, 0.2) is 36.4 Å². The molecule has 136 valence electrons. The van der Waals surface area contributed by atoms with Gasteiger partial charge in [-0.2, -0.15) is 28.1 Å². The molecule has 0 atom stereocenters. The maximum absolute atomic E-state index is 14.0. The molecule has 0 unspecified atom stereocenters. The second-order valence-electron chi connectivity index (χ2n) is 7.31. The van der Waals surface area contributed by atoms with E-state index in [0.29, 0.717) is 5.56 Å². The number of halogens is 3. The Bertz CT molecular complexity index is 1200. The maximum Gasteiger partial charge on any atom is 0.311 e. The van der Waals surface area contributed by atoms with Crippen LogP contribution in [0.3, 0.4) is 0 Å². The van der Waals surface area contributed by atoms with Gasteiger partial charge in [-0.3, -0.25) is 0 Å². The number of hydrogen-bond acceptors (Lipinski definition) is 4. The smallest absolute Gasteiger partial charge is 0.210 e. The van der Waals surface area contributed by atoms with Crippen molar-refractivity contribution in [3.8, 4) is 11.3 Å². The van der Waals surface area contributed by atoms with Crippen LogP contribution < -0.4 is 0 Å². The first-order valence-corrected chi connectivity index (χ1v) is 8.34. The molecule has 0 aliphatic rings. The van der Waals surface area contributed by atoms with Gasteiger partial charge in [-0.15, -0.1) is 0 Å². The molecule has 0 fully saturated rings. The Morgan fingerprint density at radius 1 is 0.815 bits per heavy atom. The Balaban J connectivity index is 2.10. The molecule has 7 heteroatoms. The average Bonchev–Trinajstić information content (AvgIpc) is 2.60. The van der Waals surface area contributed by atoms with Crippen LogP contribution in [-0.4, -0.2) is 19.9 Å². The van der Waals surface area contributed by atoms with Crippen LogP contribution in [0, 0.1) is 18.0 Å². The Hall–Kier alpha value is -3.09. The normalized spacial score (nSPS) is 12.1. The van der Waals surface area contributed by atoms with Gasteiger partial charge in [0.05, 0.1) is 0 Å². The lowest BCUT2D eigenvalue weighted by atomic mass is 9.82. The molecule has 0 N–H and O–H groups in total. The van der Waals surface area contributed by atoms with Crippen molar-refractivity contribution in [3.63, 3.8) is 0 Å². The van der Waals surface area contributed by atoms with Crippen molar-refractivity contribution in [2.75, 3.05) is 0 Å². The Morgan fingerprint density at radius 2 is 1.52 bits per heavy atom. The van der Waals surface area contributed by atoms with E-state index in [1.165, 1.54) is 0 Å². The topological polar surface area (TPSA) is 51.6 Å². The molecule has 4 aromatic rings. The standard InChI is InChI=1S/C20H15F3N4/c1-20(2,3)13-9-11(8-10-6-4-5-7-12(10)13)14-15-18(27-19(23)25-14)26-17(22)16(21)24-15/h4-9H,1-3H3. The first kappa shape index (κ1) is 17.3. The minimum absolute atomic E-state index is 0.0696. The zero-order valence-electron chi connectivity index (χ0n) is 14.9. The van der Waals surface area contributed by atoms with Crippen LogP contribution in [0.2, 0.25) is 0 Å². The van der Waals surface area contributed by atoms with Gasteiger partial charge >= 0.3 is 6.08 Å². The molecular formula is C20H15F3N4. The number of nitrogens with zero attached hydrogens (tertiary/aromatic N) is 4. The first-order chi connectivity index (χ1) is 12.7. The molecule has 0 amide bonds. The van der Waals surface area contributed by atoms with E-state index in [0.717, 1.165) is 16.3 Å². The summed E-state index contributed by atoms with van der Waals surface area (Å²) in [5, 5.41) is 1.97. The summed E-state index contributed by atoms with van der Waals surface area (Å²) in [6, 6.07) is 11.5. The van der Waals surface area contributed by atoms with Crippen LogP contribution in [0.25, 0.3) is 33.2 Å². The van der Waals surface area contributed by atoms with Crippen molar-refractivity contribution in [2.45, 2.75) is 26.2 Å². The fraction of sp³-hybridized carbons (Fsp3) is 0.200. The lowest BCUT2D eigenvalue weighted by Gasteiger charge is -2.22. The largest absolute Gasteiger partial charge is 0.311 e. The average molecular weight is 368 g/mol. The summed E-state index contributed by atoms with van der Waals surface area (Å²) >= 11 is 0. The fourth-order valence-electron chi connectivity index (χ4n) is 3.15. The fourth-order valence-corrected chi connectivity index (χ4v) is 3.15. The van der Waals surface area contributed by atoms with Crippen LogP contribution in [0.5, 0.6) is 0 Å². The minimum atomic E-state index is -1.43. The van der Waals surface area contributed by atoms with Gasteiger partial charge in [0, 0.05) is 5.56 Å². The molecule has 4 nitrogen and oxygen atoms in total. The van der Waals surface area contributed by atoms with E-state index >= 15 is 0 Å². The molecule has 2 aromatic heterocycles. The van der Waals surface area contributed by atoms with Crippen molar-refractivity contribution in [3.05, 3.63) is 59.9 Å². The third-order valence-electron chi connectivity index (χ3n) is 4.37. The van der Waals surface area contributed by atoms with E-state index in [1.807, 2.05) is 36.4 Å². The van der Waals surface area contributed by atoms with Crippen molar-refractivity contribution >= 4 is 21.9 Å². The Labute approximate surface area is 153 Å². The number of fused-ring (bicyclic) bond motifs is 2. The van der Waals surface area contributed by atoms with E-state index in [4.69, 9.17) is 0 Å².